The van der Waals surface area contributed by atoms with Crippen LogP contribution in [0.3, 0.4) is 0 Å². The van der Waals surface area contributed by atoms with Crippen molar-refractivity contribution in [3.05, 3.63) is 46.3 Å². The molecule has 15 heavy (non-hydrogen) atoms. The maximum atomic E-state index is 11.7. The van der Waals surface area contributed by atoms with Crippen molar-refractivity contribution in [2.45, 2.75) is 13.3 Å². The Kier molecular flexibility index (Phi) is 4.92. The third kappa shape index (κ3) is 4.54. The average Bonchev–Trinajstić information content (AvgIpc) is 2.17. The average molecular weight is 241 g/mol. The van der Waals surface area contributed by atoms with Crippen LogP contribution in [-0.2, 0) is 0 Å². The number of carbonyl (C=O) groups is 1. The highest BCUT2D eigenvalue weighted by molar-refractivity contribution is 8.03. The largest absolute Gasteiger partial charge is 0.294 e. The van der Waals surface area contributed by atoms with E-state index < -0.39 is 0 Å². The number of Topliss-reactive ketones (excluding diaryl/α,β-unsaturated/α-hetero) is 1. The molecule has 0 spiro atoms. The third-order valence-corrected chi connectivity index (χ3v) is 2.96. The summed E-state index contributed by atoms with van der Waals surface area (Å²) in [4.78, 5) is 12.7. The van der Waals surface area contributed by atoms with Gasteiger partial charge in [0.1, 0.15) is 0 Å². The van der Waals surface area contributed by atoms with Crippen molar-refractivity contribution >= 4 is 29.1 Å². The summed E-state index contributed by atoms with van der Waals surface area (Å²) >= 11 is 7.41. The van der Waals surface area contributed by atoms with Crippen molar-refractivity contribution in [2.24, 2.45) is 0 Å². The number of carbonyl (C=O) groups excluding carboxylic acids is 1. The van der Waals surface area contributed by atoms with Crippen molar-refractivity contribution in [1.29, 1.82) is 0 Å². The van der Waals surface area contributed by atoms with Gasteiger partial charge in [0.25, 0.3) is 0 Å². The van der Waals surface area contributed by atoms with E-state index in [2.05, 4.69) is 6.58 Å². The van der Waals surface area contributed by atoms with Crippen LogP contribution in [0.4, 0.5) is 0 Å². The molecule has 0 bridgehead atoms. The molecular weight excluding hydrogens is 228 g/mol. The molecule has 0 aliphatic rings. The van der Waals surface area contributed by atoms with Crippen LogP contribution in [0.2, 0.25) is 5.02 Å². The first-order chi connectivity index (χ1) is 7.09. The first-order valence-electron chi connectivity index (χ1n) is 4.66. The molecule has 0 aromatic heterocycles. The number of benzene rings is 1. The van der Waals surface area contributed by atoms with Crippen LogP contribution in [0.25, 0.3) is 0 Å². The lowest BCUT2D eigenvalue weighted by molar-refractivity contribution is 0.0989. The van der Waals surface area contributed by atoms with Crippen molar-refractivity contribution in [1.82, 2.24) is 0 Å². The quantitative estimate of drug-likeness (QED) is 0.719. The molecular formula is C12H13ClOS. The van der Waals surface area contributed by atoms with Crippen molar-refractivity contribution in [3.8, 4) is 0 Å². The predicted octanol–water partition coefficient (Wildman–Crippen LogP) is 4.18. The molecule has 0 aliphatic carbocycles. The summed E-state index contributed by atoms with van der Waals surface area (Å²) < 4.78 is 0. The smallest absolute Gasteiger partial charge is 0.163 e. The summed E-state index contributed by atoms with van der Waals surface area (Å²) in [5.74, 6) is 0.909. The van der Waals surface area contributed by atoms with Gasteiger partial charge in [0.2, 0.25) is 0 Å². The summed E-state index contributed by atoms with van der Waals surface area (Å²) in [5.41, 5.74) is 0.685. The molecule has 0 saturated heterocycles. The highest BCUT2D eigenvalue weighted by atomic mass is 35.5. The van der Waals surface area contributed by atoms with E-state index in [1.54, 1.807) is 36.0 Å². The van der Waals surface area contributed by atoms with E-state index in [4.69, 9.17) is 11.6 Å². The molecule has 0 unspecified atom stereocenters. The highest BCUT2D eigenvalue weighted by Gasteiger charge is 2.05. The van der Waals surface area contributed by atoms with Crippen molar-refractivity contribution in [3.63, 3.8) is 0 Å². The molecule has 0 heterocycles. The molecule has 80 valence electrons. The van der Waals surface area contributed by atoms with E-state index >= 15 is 0 Å². The van der Waals surface area contributed by atoms with Gasteiger partial charge in [-0.15, -0.1) is 11.8 Å². The van der Waals surface area contributed by atoms with Gasteiger partial charge in [-0.2, -0.15) is 0 Å². The van der Waals surface area contributed by atoms with E-state index in [-0.39, 0.29) is 5.78 Å². The van der Waals surface area contributed by atoms with Crippen LogP contribution in [-0.4, -0.2) is 11.5 Å². The second-order valence-electron chi connectivity index (χ2n) is 3.23. The van der Waals surface area contributed by atoms with Gasteiger partial charge < -0.3 is 0 Å². The lowest BCUT2D eigenvalue weighted by Crippen LogP contribution is -2.00. The Morgan fingerprint density at radius 3 is 2.87 bits per heavy atom. The number of hydrogen-bond acceptors (Lipinski definition) is 2. The number of allylic oxidation sites excluding steroid dienone is 1. The van der Waals surface area contributed by atoms with Gasteiger partial charge in [-0.25, -0.2) is 0 Å². The number of rotatable bonds is 5. The van der Waals surface area contributed by atoms with Crippen molar-refractivity contribution < 1.29 is 4.79 Å². The SMILES string of the molecule is C=C(C)SCCC(=O)c1cccc(Cl)c1. The van der Waals surface area contributed by atoms with E-state index in [1.807, 2.05) is 6.92 Å². The van der Waals surface area contributed by atoms with Gasteiger partial charge in [-0.3, -0.25) is 4.79 Å². The minimum atomic E-state index is 0.131. The van der Waals surface area contributed by atoms with E-state index in [0.717, 1.165) is 10.7 Å². The number of hydrogen-bond donors (Lipinski definition) is 0. The molecule has 0 amide bonds. The Hall–Kier alpha value is -0.730. The molecule has 0 N–H and O–H groups in total. The summed E-state index contributed by atoms with van der Waals surface area (Å²) in [6, 6.07) is 7.05. The lowest BCUT2D eigenvalue weighted by atomic mass is 10.1. The molecule has 0 aliphatic heterocycles. The summed E-state index contributed by atoms with van der Waals surface area (Å²) in [5, 5.41) is 0.605. The van der Waals surface area contributed by atoms with Crippen LogP contribution in [0, 0.1) is 0 Å². The van der Waals surface area contributed by atoms with Gasteiger partial charge in [0, 0.05) is 22.8 Å². The Labute approximate surface area is 99.5 Å². The topological polar surface area (TPSA) is 17.1 Å². The lowest BCUT2D eigenvalue weighted by Gasteiger charge is -2.01. The maximum absolute atomic E-state index is 11.7. The first kappa shape index (κ1) is 12.3. The second-order valence-corrected chi connectivity index (χ2v) is 5.06. The Morgan fingerprint density at radius 1 is 1.53 bits per heavy atom. The van der Waals surface area contributed by atoms with Gasteiger partial charge in [0.15, 0.2) is 5.78 Å². The Morgan fingerprint density at radius 2 is 2.27 bits per heavy atom. The van der Waals surface area contributed by atoms with E-state index in [1.165, 1.54) is 0 Å². The Balaban J connectivity index is 2.50. The first-order valence-corrected chi connectivity index (χ1v) is 6.03. The number of halogens is 1. The summed E-state index contributed by atoms with van der Waals surface area (Å²) in [6.07, 6.45) is 0.526. The molecule has 1 rings (SSSR count). The second kappa shape index (κ2) is 5.99. The minimum absolute atomic E-state index is 0.131. The minimum Gasteiger partial charge on any atom is -0.294 e. The van der Waals surface area contributed by atoms with Crippen LogP contribution in [0.1, 0.15) is 23.7 Å². The molecule has 0 atom stereocenters. The predicted molar refractivity (Wildman–Crippen MR) is 67.7 cm³/mol. The molecule has 3 heteroatoms. The Bertz CT molecular complexity index is 374. The van der Waals surface area contributed by atoms with Crippen LogP contribution >= 0.6 is 23.4 Å². The normalized spacial score (nSPS) is 10.0. The van der Waals surface area contributed by atoms with Gasteiger partial charge >= 0.3 is 0 Å². The number of thioether (sulfide) groups is 1. The van der Waals surface area contributed by atoms with Crippen molar-refractivity contribution in [2.75, 3.05) is 5.75 Å². The highest BCUT2D eigenvalue weighted by Crippen LogP contribution is 2.16. The van der Waals surface area contributed by atoms with E-state index in [9.17, 15) is 4.79 Å². The monoisotopic (exact) mass is 240 g/mol. The fourth-order valence-electron chi connectivity index (χ4n) is 1.12. The summed E-state index contributed by atoms with van der Waals surface area (Å²) in [7, 11) is 0. The zero-order chi connectivity index (χ0) is 11.3. The maximum Gasteiger partial charge on any atom is 0.163 e. The third-order valence-electron chi connectivity index (χ3n) is 1.82. The van der Waals surface area contributed by atoms with E-state index in [0.29, 0.717) is 17.0 Å². The fraction of sp³-hybridized carbons (Fsp3) is 0.250. The van der Waals surface area contributed by atoms with Crippen LogP contribution in [0.5, 0.6) is 0 Å². The van der Waals surface area contributed by atoms with Gasteiger partial charge in [-0.1, -0.05) is 30.3 Å². The molecule has 1 aromatic carbocycles. The molecule has 0 fully saturated rings. The molecule has 0 saturated carbocycles. The summed E-state index contributed by atoms with van der Waals surface area (Å²) in [6.45, 7) is 5.71. The zero-order valence-electron chi connectivity index (χ0n) is 8.63. The zero-order valence-corrected chi connectivity index (χ0v) is 10.2. The standard InChI is InChI=1S/C12H13ClOS/c1-9(2)15-7-6-12(14)10-4-3-5-11(13)8-10/h3-5,8H,1,6-7H2,2H3. The number of ketones is 1. The molecule has 1 aromatic rings. The molecule has 1 nitrogen and oxygen atoms in total. The van der Waals surface area contributed by atoms with Gasteiger partial charge in [-0.05, 0) is 24.0 Å². The van der Waals surface area contributed by atoms with Crippen LogP contribution < -0.4 is 0 Å². The molecule has 0 radical (unpaired) electrons. The van der Waals surface area contributed by atoms with Gasteiger partial charge in [0.05, 0.1) is 0 Å². The fourth-order valence-corrected chi connectivity index (χ4v) is 1.95. The van der Waals surface area contributed by atoms with Crippen LogP contribution in [0.15, 0.2) is 35.7 Å².